The van der Waals surface area contributed by atoms with Crippen LogP contribution in [-0.2, 0) is 4.74 Å². The van der Waals surface area contributed by atoms with Gasteiger partial charge in [0.15, 0.2) is 6.54 Å². The third kappa shape index (κ3) is 4.03. The van der Waals surface area contributed by atoms with Gasteiger partial charge >= 0.3 is 11.6 Å². The Morgan fingerprint density at radius 2 is 2.05 bits per heavy atom. The van der Waals surface area contributed by atoms with Gasteiger partial charge in [0.1, 0.15) is 0 Å². The average molecular weight is 304 g/mol. The van der Waals surface area contributed by atoms with Gasteiger partial charge in [-0.05, 0) is 31.9 Å². The zero-order valence-corrected chi connectivity index (χ0v) is 13.4. The average Bonchev–Trinajstić information content (AvgIpc) is 3.37. The number of ether oxygens (including phenoxy) is 1. The zero-order valence-electron chi connectivity index (χ0n) is 12.6. The molecule has 0 bridgehead atoms. The summed E-state index contributed by atoms with van der Waals surface area (Å²) in [5.74, 6) is 1.08. The van der Waals surface area contributed by atoms with Crippen LogP contribution in [0.2, 0.25) is 0 Å². The molecule has 0 aromatic heterocycles. The van der Waals surface area contributed by atoms with Gasteiger partial charge < -0.3 is 9.84 Å². The van der Waals surface area contributed by atoms with Gasteiger partial charge in [0.05, 0.1) is 12.4 Å². The molecule has 3 nitrogen and oxygen atoms in total. The SMILES string of the molecule is Cc1ccc(SCC[N+]2=CC/2=C(\O)OCC2(C)CC2)cc1. The molecular formula is C17H22NO2S+. The molecule has 0 saturated heterocycles. The second kappa shape index (κ2) is 5.76. The first kappa shape index (κ1) is 14.5. The van der Waals surface area contributed by atoms with Gasteiger partial charge in [-0.25, -0.2) is 0 Å². The molecule has 2 aliphatic rings. The highest BCUT2D eigenvalue weighted by Crippen LogP contribution is 2.45. The van der Waals surface area contributed by atoms with E-state index in [1.807, 2.05) is 22.6 Å². The lowest BCUT2D eigenvalue weighted by Crippen LogP contribution is -2.07. The number of hydrogen-bond donors (Lipinski definition) is 1. The van der Waals surface area contributed by atoms with Gasteiger partial charge in [0, 0.05) is 10.3 Å². The Morgan fingerprint density at radius 1 is 1.33 bits per heavy atom. The molecule has 21 heavy (non-hydrogen) atoms. The van der Waals surface area contributed by atoms with E-state index in [2.05, 4.69) is 38.1 Å². The van der Waals surface area contributed by atoms with Gasteiger partial charge in [-0.1, -0.05) is 24.6 Å². The van der Waals surface area contributed by atoms with E-state index in [1.54, 1.807) is 0 Å². The summed E-state index contributed by atoms with van der Waals surface area (Å²) in [5, 5.41) is 9.88. The van der Waals surface area contributed by atoms with E-state index in [0.717, 1.165) is 18.0 Å². The molecule has 0 amide bonds. The highest BCUT2D eigenvalue weighted by molar-refractivity contribution is 7.99. The normalized spacial score (nSPS) is 20.8. The van der Waals surface area contributed by atoms with Crippen LogP contribution in [0.25, 0.3) is 0 Å². The Hall–Kier alpha value is -1.42. The summed E-state index contributed by atoms with van der Waals surface area (Å²) in [5.41, 5.74) is 2.43. The Kier molecular flexibility index (Phi) is 3.98. The molecule has 0 spiro atoms. The lowest BCUT2D eigenvalue weighted by atomic mass is 10.2. The summed E-state index contributed by atoms with van der Waals surface area (Å²) in [6.45, 7) is 5.82. The standard InChI is InChI=1S/C17H21NO2S/c1-13-3-5-14(6-4-13)21-10-9-18-11-15(18)16(19)20-12-17(2)7-8-17/h3-6,11H,7-10,12H2,1-2H3/p+1. The summed E-state index contributed by atoms with van der Waals surface area (Å²) in [4.78, 5) is 1.29. The smallest absolute Gasteiger partial charge is 0.359 e. The first-order valence-electron chi connectivity index (χ1n) is 7.43. The monoisotopic (exact) mass is 304 g/mol. The van der Waals surface area contributed by atoms with Gasteiger partial charge in [-0.15, -0.1) is 11.8 Å². The van der Waals surface area contributed by atoms with E-state index in [-0.39, 0.29) is 5.95 Å². The second-order valence-corrected chi connectivity index (χ2v) is 7.44. The second-order valence-electron chi connectivity index (χ2n) is 6.27. The third-order valence-corrected chi connectivity index (χ3v) is 5.01. The van der Waals surface area contributed by atoms with Crippen molar-refractivity contribution in [2.24, 2.45) is 5.41 Å². The fourth-order valence-corrected chi connectivity index (χ4v) is 2.90. The van der Waals surface area contributed by atoms with Crippen LogP contribution in [0.4, 0.5) is 0 Å². The first-order valence-corrected chi connectivity index (χ1v) is 8.41. The third-order valence-electron chi connectivity index (χ3n) is 4.02. The van der Waals surface area contributed by atoms with Gasteiger partial charge in [-0.2, -0.15) is 4.58 Å². The highest BCUT2D eigenvalue weighted by Gasteiger charge is 2.40. The van der Waals surface area contributed by atoms with Crippen molar-refractivity contribution in [1.82, 2.24) is 0 Å². The molecule has 1 N–H and O–H groups in total. The number of hydrogen-bond acceptors (Lipinski definition) is 3. The van der Waals surface area contributed by atoms with Crippen molar-refractivity contribution < 1.29 is 14.4 Å². The molecule has 112 valence electrons. The molecule has 4 heteroatoms. The van der Waals surface area contributed by atoms with Crippen LogP contribution in [0.1, 0.15) is 25.3 Å². The topological polar surface area (TPSA) is 32.5 Å². The van der Waals surface area contributed by atoms with E-state index in [9.17, 15) is 5.11 Å². The summed E-state index contributed by atoms with van der Waals surface area (Å²) in [7, 11) is 0. The van der Waals surface area contributed by atoms with E-state index < -0.39 is 0 Å². The lowest BCUT2D eigenvalue weighted by Gasteiger charge is -2.07. The molecule has 1 aromatic rings. The summed E-state index contributed by atoms with van der Waals surface area (Å²) < 4.78 is 7.50. The van der Waals surface area contributed by atoms with E-state index in [1.165, 1.54) is 23.3 Å². The minimum atomic E-state index is 0.0865. The van der Waals surface area contributed by atoms with Crippen LogP contribution >= 0.6 is 11.8 Å². The van der Waals surface area contributed by atoms with Crippen LogP contribution in [-0.4, -0.2) is 34.8 Å². The number of nitrogens with zero attached hydrogens (tertiary/aromatic N) is 1. The summed E-state index contributed by atoms with van der Waals surface area (Å²) >= 11 is 1.83. The molecule has 1 heterocycles. The Balaban J connectivity index is 1.39. The van der Waals surface area contributed by atoms with Crippen molar-refractivity contribution in [3.8, 4) is 0 Å². The van der Waals surface area contributed by atoms with Crippen LogP contribution < -0.4 is 0 Å². The molecule has 1 saturated carbocycles. The van der Waals surface area contributed by atoms with Gasteiger partial charge in [0.2, 0.25) is 6.21 Å². The van der Waals surface area contributed by atoms with Crippen LogP contribution in [0.5, 0.6) is 0 Å². The fraction of sp³-hybridized carbons (Fsp3) is 0.471. The molecule has 1 aromatic carbocycles. The molecule has 3 rings (SSSR count). The van der Waals surface area contributed by atoms with E-state index >= 15 is 0 Å². The first-order chi connectivity index (χ1) is 10.1. The molecule has 1 fully saturated rings. The zero-order chi connectivity index (χ0) is 14.9. The fourth-order valence-electron chi connectivity index (χ4n) is 2.05. The van der Waals surface area contributed by atoms with Gasteiger partial charge in [0.25, 0.3) is 0 Å². The van der Waals surface area contributed by atoms with E-state index in [0.29, 0.717) is 12.0 Å². The maximum atomic E-state index is 9.88. The van der Waals surface area contributed by atoms with Crippen molar-refractivity contribution >= 4 is 18.0 Å². The predicted molar refractivity (Wildman–Crippen MR) is 86.0 cm³/mol. The maximum absolute atomic E-state index is 9.88. The molecule has 1 aliphatic carbocycles. The summed E-state index contributed by atoms with van der Waals surface area (Å²) in [6, 6.07) is 8.57. The predicted octanol–water partition coefficient (Wildman–Crippen LogP) is 3.73. The summed E-state index contributed by atoms with van der Waals surface area (Å²) in [6.07, 6.45) is 4.35. The number of allylic oxidation sites excluding steroid dienone is 1. The number of rotatable bonds is 7. The van der Waals surface area contributed by atoms with Crippen molar-refractivity contribution in [1.29, 1.82) is 0 Å². The minimum absolute atomic E-state index is 0.0865. The number of thioether (sulfide) groups is 1. The Morgan fingerprint density at radius 3 is 2.71 bits per heavy atom. The van der Waals surface area contributed by atoms with Crippen molar-refractivity contribution in [2.75, 3.05) is 18.9 Å². The highest BCUT2D eigenvalue weighted by atomic mass is 32.2. The van der Waals surface area contributed by atoms with Crippen LogP contribution in [0.3, 0.4) is 0 Å². The largest absolute Gasteiger partial charge is 0.476 e. The Bertz CT molecular complexity index is 585. The molecule has 0 atom stereocenters. The van der Waals surface area contributed by atoms with E-state index in [4.69, 9.17) is 4.74 Å². The van der Waals surface area contributed by atoms with Crippen LogP contribution in [0.15, 0.2) is 40.8 Å². The van der Waals surface area contributed by atoms with Crippen molar-refractivity contribution in [2.45, 2.75) is 31.6 Å². The van der Waals surface area contributed by atoms with Gasteiger partial charge in [-0.3, -0.25) is 0 Å². The number of benzene rings is 1. The minimum Gasteiger partial charge on any atom is -0.476 e. The van der Waals surface area contributed by atoms with Crippen LogP contribution in [0, 0.1) is 12.3 Å². The van der Waals surface area contributed by atoms with Crippen molar-refractivity contribution in [3.63, 3.8) is 0 Å². The molecule has 1 aliphatic heterocycles. The quantitative estimate of drug-likeness (QED) is 0.473. The maximum Gasteiger partial charge on any atom is 0.359 e. The molecule has 0 unspecified atom stereocenters. The molecule has 0 radical (unpaired) electrons. The number of aliphatic hydroxyl groups is 1. The lowest BCUT2D eigenvalue weighted by molar-refractivity contribution is -0.402. The number of aryl methyl sites for hydroxylation is 1. The Labute approximate surface area is 130 Å². The molecular weight excluding hydrogens is 282 g/mol. The number of aliphatic hydroxyl groups excluding tert-OH is 1. The van der Waals surface area contributed by atoms with Crippen molar-refractivity contribution in [3.05, 3.63) is 41.5 Å².